The third kappa shape index (κ3) is 8.50. The first-order chi connectivity index (χ1) is 19.1. The highest BCUT2D eigenvalue weighted by Crippen LogP contribution is 2.39. The number of fused-ring (bicyclic) bond motifs is 1. The number of carbonyl (C=O) groups is 3. The molecule has 0 aromatic heterocycles. The Morgan fingerprint density at radius 1 is 1.07 bits per heavy atom. The second-order valence-corrected chi connectivity index (χ2v) is 9.79. The molecule has 3 rings (SSSR count). The number of nitriles is 1. The van der Waals surface area contributed by atoms with E-state index >= 15 is 0 Å². The van der Waals surface area contributed by atoms with Crippen molar-refractivity contribution in [3.63, 3.8) is 0 Å². The first-order valence-electron chi connectivity index (χ1n) is 12.2. The Morgan fingerprint density at radius 3 is 2.27 bits per heavy atom. The number of primary amides is 1. The molecule has 0 saturated heterocycles. The lowest BCUT2D eigenvalue weighted by Gasteiger charge is -2.29. The van der Waals surface area contributed by atoms with Gasteiger partial charge in [-0.25, -0.2) is 0 Å². The van der Waals surface area contributed by atoms with Crippen molar-refractivity contribution in [2.24, 2.45) is 17.6 Å². The SMILES string of the molecule is N#Cc1cccc(N2C[C@H](NC(=O)[C@@H](CCC(F)(F)F)[C@@H](CCC(F)(F)F)C(N)=O)C(=O)Nc3c(Cl)cccc32)c1. The van der Waals surface area contributed by atoms with E-state index in [4.69, 9.17) is 17.3 Å². The highest BCUT2D eigenvalue weighted by Gasteiger charge is 2.41. The number of amides is 3. The molecule has 15 heteroatoms. The van der Waals surface area contributed by atoms with E-state index in [2.05, 4.69) is 10.6 Å². The second-order valence-electron chi connectivity index (χ2n) is 9.38. The van der Waals surface area contributed by atoms with Crippen LogP contribution >= 0.6 is 11.6 Å². The first-order valence-corrected chi connectivity index (χ1v) is 12.6. The Balaban J connectivity index is 1.98. The molecule has 0 unspecified atom stereocenters. The fourth-order valence-corrected chi connectivity index (χ4v) is 4.73. The third-order valence-corrected chi connectivity index (χ3v) is 6.80. The van der Waals surface area contributed by atoms with Crippen molar-refractivity contribution in [1.29, 1.82) is 5.26 Å². The van der Waals surface area contributed by atoms with E-state index in [1.807, 2.05) is 6.07 Å². The molecule has 1 heterocycles. The van der Waals surface area contributed by atoms with Crippen LogP contribution in [0, 0.1) is 23.2 Å². The summed E-state index contributed by atoms with van der Waals surface area (Å²) in [6, 6.07) is 11.4. The molecule has 0 spiro atoms. The van der Waals surface area contributed by atoms with Gasteiger partial charge in [-0.2, -0.15) is 31.6 Å². The van der Waals surface area contributed by atoms with Gasteiger partial charge in [0.15, 0.2) is 0 Å². The van der Waals surface area contributed by atoms with E-state index in [9.17, 15) is 46.0 Å². The Hall–Kier alpha value is -3.99. The van der Waals surface area contributed by atoms with Crippen LogP contribution in [0.4, 0.5) is 43.4 Å². The summed E-state index contributed by atoms with van der Waals surface area (Å²) < 4.78 is 77.8. The summed E-state index contributed by atoms with van der Waals surface area (Å²) in [7, 11) is 0. The van der Waals surface area contributed by atoms with Crippen molar-refractivity contribution < 1.29 is 40.7 Å². The number of hydrogen-bond donors (Lipinski definition) is 3. The minimum Gasteiger partial charge on any atom is -0.369 e. The molecule has 2 aromatic carbocycles. The zero-order valence-corrected chi connectivity index (χ0v) is 21.9. The first kappa shape index (κ1) is 31.5. The van der Waals surface area contributed by atoms with Crippen molar-refractivity contribution in [3.8, 4) is 6.07 Å². The number of alkyl halides is 6. The van der Waals surface area contributed by atoms with Crippen molar-refractivity contribution in [2.45, 2.75) is 44.1 Å². The smallest absolute Gasteiger partial charge is 0.369 e. The molecule has 4 N–H and O–H groups in total. The van der Waals surface area contributed by atoms with E-state index in [1.165, 1.54) is 23.1 Å². The maximum atomic E-state index is 13.3. The molecule has 220 valence electrons. The summed E-state index contributed by atoms with van der Waals surface area (Å²) in [6.07, 6.45) is -14.7. The van der Waals surface area contributed by atoms with Crippen LogP contribution in [0.2, 0.25) is 5.02 Å². The number of nitrogens with zero attached hydrogens (tertiary/aromatic N) is 2. The molecule has 1 aliphatic heterocycles. The summed E-state index contributed by atoms with van der Waals surface area (Å²) >= 11 is 6.30. The number of halogens is 7. The normalized spacial score (nSPS) is 17.0. The summed E-state index contributed by atoms with van der Waals surface area (Å²) in [5.74, 6) is -7.25. The fourth-order valence-electron chi connectivity index (χ4n) is 4.51. The lowest BCUT2D eigenvalue weighted by molar-refractivity contribution is -0.152. The van der Waals surface area contributed by atoms with Gasteiger partial charge < -0.3 is 21.3 Å². The molecule has 0 fully saturated rings. The van der Waals surface area contributed by atoms with Crippen LogP contribution in [-0.4, -0.2) is 42.7 Å². The Labute approximate surface area is 235 Å². The number of nitrogens with one attached hydrogen (secondary N) is 2. The van der Waals surface area contributed by atoms with Gasteiger partial charge in [0.25, 0.3) is 0 Å². The van der Waals surface area contributed by atoms with Crippen molar-refractivity contribution in [1.82, 2.24) is 5.32 Å². The average Bonchev–Trinajstić information content (AvgIpc) is 3.01. The minimum atomic E-state index is -4.79. The van der Waals surface area contributed by atoms with E-state index in [0.29, 0.717) is 11.4 Å². The quantitative estimate of drug-likeness (QED) is 0.340. The number of benzene rings is 2. The van der Waals surface area contributed by atoms with Gasteiger partial charge in [0.2, 0.25) is 17.7 Å². The molecule has 0 radical (unpaired) electrons. The van der Waals surface area contributed by atoms with Crippen LogP contribution in [0.3, 0.4) is 0 Å². The molecule has 1 aliphatic rings. The summed E-state index contributed by atoms with van der Waals surface area (Å²) in [4.78, 5) is 40.1. The maximum Gasteiger partial charge on any atom is 0.389 e. The van der Waals surface area contributed by atoms with Crippen LogP contribution in [-0.2, 0) is 14.4 Å². The van der Waals surface area contributed by atoms with Gasteiger partial charge in [0.1, 0.15) is 6.04 Å². The monoisotopic (exact) mass is 603 g/mol. The Morgan fingerprint density at radius 2 is 1.68 bits per heavy atom. The average molecular weight is 604 g/mol. The molecule has 3 amide bonds. The molecular formula is C26H24ClF6N5O3. The number of carbonyl (C=O) groups excluding carboxylic acids is 3. The van der Waals surface area contributed by atoms with E-state index in [0.717, 1.165) is 0 Å². The second kappa shape index (κ2) is 12.7. The molecule has 41 heavy (non-hydrogen) atoms. The van der Waals surface area contributed by atoms with Crippen molar-refractivity contribution >= 4 is 46.4 Å². The summed E-state index contributed by atoms with van der Waals surface area (Å²) in [5, 5.41) is 14.3. The lowest BCUT2D eigenvalue weighted by atomic mass is 9.83. The molecule has 8 nitrogen and oxygen atoms in total. The zero-order chi connectivity index (χ0) is 30.5. The van der Waals surface area contributed by atoms with Crippen LogP contribution in [0.25, 0.3) is 0 Å². The van der Waals surface area contributed by atoms with Crippen LogP contribution in [0.1, 0.15) is 31.2 Å². The number of para-hydroxylation sites is 1. The molecule has 0 bridgehead atoms. The standard InChI is InChI=1S/C26H24ClF6N5O3/c27-18-5-2-6-20-21(18)37-24(41)19(13-38(20)15-4-1-3-14(11-15)12-34)36-23(40)17(8-10-26(31,32)33)16(22(35)39)7-9-25(28,29)30/h1-6,11,16-17,19H,7-10,13H2,(H2,35,39)(H,36,40)(H,37,41)/t16-,17+,19+/m1/s1. The number of nitrogens with two attached hydrogens (primary N) is 1. The molecular weight excluding hydrogens is 580 g/mol. The topological polar surface area (TPSA) is 128 Å². The molecule has 0 aliphatic carbocycles. The third-order valence-electron chi connectivity index (χ3n) is 6.48. The highest BCUT2D eigenvalue weighted by molar-refractivity contribution is 6.34. The van der Waals surface area contributed by atoms with Gasteiger partial charge in [-0.05, 0) is 43.2 Å². The molecule has 0 saturated carbocycles. The fraction of sp³-hybridized carbons (Fsp3) is 0.385. The number of hydrogen-bond acceptors (Lipinski definition) is 5. The predicted octanol–water partition coefficient (Wildman–Crippen LogP) is 5.19. The van der Waals surface area contributed by atoms with Gasteiger partial charge in [0, 0.05) is 30.4 Å². The van der Waals surface area contributed by atoms with Crippen molar-refractivity contribution in [2.75, 3.05) is 16.8 Å². The van der Waals surface area contributed by atoms with E-state index < -0.39 is 73.6 Å². The van der Waals surface area contributed by atoms with E-state index in [1.54, 1.807) is 24.3 Å². The van der Waals surface area contributed by atoms with Crippen LogP contribution in [0.15, 0.2) is 42.5 Å². The van der Waals surface area contributed by atoms with Crippen LogP contribution < -0.4 is 21.3 Å². The zero-order valence-electron chi connectivity index (χ0n) is 21.2. The van der Waals surface area contributed by atoms with Gasteiger partial charge in [-0.3, -0.25) is 14.4 Å². The Kier molecular flexibility index (Phi) is 9.75. The largest absolute Gasteiger partial charge is 0.389 e. The van der Waals surface area contributed by atoms with Gasteiger partial charge in [0.05, 0.1) is 34.6 Å². The number of rotatable bonds is 9. The molecule has 3 atom stereocenters. The molecule has 2 aromatic rings. The number of anilines is 3. The summed E-state index contributed by atoms with van der Waals surface area (Å²) in [5.41, 5.74) is 6.41. The predicted molar refractivity (Wildman–Crippen MR) is 137 cm³/mol. The van der Waals surface area contributed by atoms with Gasteiger partial charge >= 0.3 is 12.4 Å². The maximum absolute atomic E-state index is 13.3. The van der Waals surface area contributed by atoms with Crippen LogP contribution in [0.5, 0.6) is 0 Å². The minimum absolute atomic E-state index is 0.119. The van der Waals surface area contributed by atoms with Gasteiger partial charge in [-0.1, -0.05) is 23.7 Å². The van der Waals surface area contributed by atoms with Gasteiger partial charge in [-0.15, -0.1) is 0 Å². The highest BCUT2D eigenvalue weighted by atomic mass is 35.5. The van der Waals surface area contributed by atoms with Crippen molar-refractivity contribution in [3.05, 3.63) is 53.1 Å². The lowest BCUT2D eigenvalue weighted by Crippen LogP contribution is -2.52. The summed E-state index contributed by atoms with van der Waals surface area (Å²) in [6.45, 7) is -0.310. The van der Waals surface area contributed by atoms with E-state index in [-0.39, 0.29) is 22.8 Å². The Bertz CT molecular complexity index is 1340.